The Morgan fingerprint density at radius 1 is 0.919 bits per heavy atom. The lowest BCUT2D eigenvalue weighted by molar-refractivity contribution is 0.336. The molecule has 3 aromatic rings. The van der Waals surface area contributed by atoms with Gasteiger partial charge in [-0.15, -0.1) is 0 Å². The van der Waals surface area contributed by atoms with Crippen LogP contribution in [0.15, 0.2) is 42.5 Å². The van der Waals surface area contributed by atoms with Gasteiger partial charge in [-0.3, -0.25) is 0 Å². The summed E-state index contributed by atoms with van der Waals surface area (Å²) in [5.41, 5.74) is 4.78. The number of fused-ring (bicyclic) bond motifs is 1. The topological polar surface area (TPSA) is 65.1 Å². The molecule has 0 aliphatic heterocycles. The van der Waals surface area contributed by atoms with Gasteiger partial charge in [-0.25, -0.2) is 4.98 Å². The number of nitrogens with zero attached hydrogens (tertiary/aromatic N) is 3. The number of hydrogen-bond acceptors (Lipinski definition) is 5. The molecule has 0 spiro atoms. The van der Waals surface area contributed by atoms with Crippen molar-refractivity contribution < 1.29 is 0 Å². The SMILES string of the molecule is CC(C)c1cccc(C(C)C)c1NC(=S)NC[C@H]1CC[C@@H](Nc2nc(N(C)C)c3ccccc3n2)CC1. The number of nitrogens with one attached hydrogen (secondary N) is 3. The van der Waals surface area contributed by atoms with Crippen molar-refractivity contribution in [2.45, 2.75) is 71.3 Å². The minimum absolute atomic E-state index is 0.393. The van der Waals surface area contributed by atoms with Crippen LogP contribution >= 0.6 is 12.2 Å². The van der Waals surface area contributed by atoms with Gasteiger partial charge in [0.1, 0.15) is 5.82 Å². The maximum Gasteiger partial charge on any atom is 0.225 e. The number of para-hydroxylation sites is 2. The zero-order valence-electron chi connectivity index (χ0n) is 23.1. The van der Waals surface area contributed by atoms with E-state index >= 15 is 0 Å². The van der Waals surface area contributed by atoms with E-state index in [9.17, 15) is 0 Å². The molecular formula is C30H42N6S. The number of hydrogen-bond donors (Lipinski definition) is 3. The van der Waals surface area contributed by atoms with Crippen LogP contribution in [-0.2, 0) is 0 Å². The van der Waals surface area contributed by atoms with Gasteiger partial charge in [-0.05, 0) is 78.9 Å². The number of benzene rings is 2. The van der Waals surface area contributed by atoms with Crippen LogP contribution in [0.25, 0.3) is 10.9 Å². The molecule has 1 aliphatic rings. The fourth-order valence-corrected chi connectivity index (χ4v) is 5.43. The van der Waals surface area contributed by atoms with Crippen LogP contribution < -0.4 is 20.9 Å². The Bertz CT molecular complexity index is 1190. The van der Waals surface area contributed by atoms with Gasteiger partial charge in [0.05, 0.1) is 5.52 Å². The molecule has 3 N–H and O–H groups in total. The van der Waals surface area contributed by atoms with E-state index in [2.05, 4.69) is 78.9 Å². The van der Waals surface area contributed by atoms with E-state index in [0.29, 0.717) is 23.8 Å². The van der Waals surface area contributed by atoms with Gasteiger partial charge in [-0.1, -0.05) is 58.0 Å². The molecular weight excluding hydrogens is 476 g/mol. The summed E-state index contributed by atoms with van der Waals surface area (Å²) in [6, 6.07) is 15.2. The first-order chi connectivity index (χ1) is 17.7. The maximum atomic E-state index is 5.72. The van der Waals surface area contributed by atoms with Crippen molar-refractivity contribution in [3.05, 3.63) is 53.6 Å². The van der Waals surface area contributed by atoms with Crippen molar-refractivity contribution in [2.24, 2.45) is 5.92 Å². The second-order valence-corrected chi connectivity index (χ2v) is 11.5. The lowest BCUT2D eigenvalue weighted by Gasteiger charge is -2.30. The summed E-state index contributed by atoms with van der Waals surface area (Å²) in [6.45, 7) is 9.84. The molecule has 7 heteroatoms. The lowest BCUT2D eigenvalue weighted by Crippen LogP contribution is -2.36. The molecule has 0 bridgehead atoms. The zero-order chi connectivity index (χ0) is 26.5. The third-order valence-corrected chi connectivity index (χ3v) is 7.60. The molecule has 1 saturated carbocycles. The van der Waals surface area contributed by atoms with E-state index in [1.165, 1.54) is 16.8 Å². The highest BCUT2D eigenvalue weighted by molar-refractivity contribution is 7.80. The summed E-state index contributed by atoms with van der Waals surface area (Å²) in [5.74, 6) is 3.16. The van der Waals surface area contributed by atoms with Crippen LogP contribution in [0.4, 0.5) is 17.5 Å². The average molecular weight is 519 g/mol. The molecule has 4 rings (SSSR count). The molecule has 1 aromatic heterocycles. The molecule has 0 atom stereocenters. The molecule has 37 heavy (non-hydrogen) atoms. The molecule has 0 radical (unpaired) electrons. The number of rotatable bonds is 8. The van der Waals surface area contributed by atoms with Gasteiger partial charge in [0.15, 0.2) is 5.11 Å². The van der Waals surface area contributed by atoms with Crippen molar-refractivity contribution in [1.82, 2.24) is 15.3 Å². The van der Waals surface area contributed by atoms with Crippen LogP contribution in [0.1, 0.15) is 76.3 Å². The van der Waals surface area contributed by atoms with Gasteiger partial charge < -0.3 is 20.9 Å². The Morgan fingerprint density at radius 2 is 1.57 bits per heavy atom. The van der Waals surface area contributed by atoms with E-state index in [1.807, 2.05) is 26.2 Å². The number of thiocarbonyl (C=S) groups is 1. The zero-order valence-corrected chi connectivity index (χ0v) is 24.0. The van der Waals surface area contributed by atoms with Gasteiger partial charge in [0.2, 0.25) is 5.95 Å². The number of aromatic nitrogens is 2. The monoisotopic (exact) mass is 518 g/mol. The molecule has 1 aliphatic carbocycles. The van der Waals surface area contributed by atoms with Gasteiger partial charge in [0.25, 0.3) is 0 Å². The van der Waals surface area contributed by atoms with Crippen molar-refractivity contribution in [2.75, 3.05) is 36.2 Å². The molecule has 1 heterocycles. The highest BCUT2D eigenvalue weighted by Crippen LogP contribution is 2.33. The lowest BCUT2D eigenvalue weighted by atomic mass is 9.86. The second kappa shape index (κ2) is 12.1. The summed E-state index contributed by atoms with van der Waals surface area (Å²) in [6.07, 6.45) is 4.52. The van der Waals surface area contributed by atoms with Crippen molar-refractivity contribution in [3.63, 3.8) is 0 Å². The highest BCUT2D eigenvalue weighted by Gasteiger charge is 2.23. The van der Waals surface area contributed by atoms with Gasteiger partial charge in [-0.2, -0.15) is 4.98 Å². The number of anilines is 3. The summed E-state index contributed by atoms with van der Waals surface area (Å²) in [7, 11) is 4.06. The fourth-order valence-electron chi connectivity index (χ4n) is 5.25. The first kappa shape index (κ1) is 27.1. The van der Waals surface area contributed by atoms with Crippen LogP contribution in [0.3, 0.4) is 0 Å². The van der Waals surface area contributed by atoms with Crippen LogP contribution in [0, 0.1) is 5.92 Å². The Kier molecular flexibility index (Phi) is 8.85. The van der Waals surface area contributed by atoms with Crippen LogP contribution in [-0.4, -0.2) is 41.8 Å². The van der Waals surface area contributed by atoms with Crippen molar-refractivity contribution in [3.8, 4) is 0 Å². The smallest absolute Gasteiger partial charge is 0.225 e. The quantitative estimate of drug-likeness (QED) is 0.280. The fraction of sp³-hybridized carbons (Fsp3) is 0.500. The van der Waals surface area contributed by atoms with E-state index in [4.69, 9.17) is 22.2 Å². The summed E-state index contributed by atoms with van der Waals surface area (Å²) < 4.78 is 0. The van der Waals surface area contributed by atoms with E-state index < -0.39 is 0 Å². The second-order valence-electron chi connectivity index (χ2n) is 11.1. The molecule has 0 amide bonds. The largest absolute Gasteiger partial charge is 0.362 e. The molecule has 1 fully saturated rings. The Hall–Kier alpha value is -2.93. The Labute approximate surface area is 227 Å². The molecule has 0 saturated heterocycles. The summed E-state index contributed by atoms with van der Waals surface area (Å²) in [5, 5.41) is 12.5. The van der Waals surface area contributed by atoms with Crippen LogP contribution in [0.2, 0.25) is 0 Å². The molecule has 6 nitrogen and oxygen atoms in total. The molecule has 2 aromatic carbocycles. The van der Waals surface area contributed by atoms with Crippen molar-refractivity contribution in [1.29, 1.82) is 0 Å². The Balaban J connectivity index is 1.31. The Morgan fingerprint density at radius 3 is 2.19 bits per heavy atom. The van der Waals surface area contributed by atoms with Gasteiger partial charge >= 0.3 is 0 Å². The van der Waals surface area contributed by atoms with Gasteiger partial charge in [0, 0.05) is 37.8 Å². The average Bonchev–Trinajstić information content (AvgIpc) is 2.87. The third kappa shape index (κ3) is 6.69. The summed E-state index contributed by atoms with van der Waals surface area (Å²) in [4.78, 5) is 11.7. The predicted octanol–water partition coefficient (Wildman–Crippen LogP) is 6.90. The molecule has 0 unspecified atom stereocenters. The van der Waals surface area contributed by atoms with E-state index in [-0.39, 0.29) is 0 Å². The minimum Gasteiger partial charge on any atom is -0.362 e. The minimum atomic E-state index is 0.393. The first-order valence-corrected chi connectivity index (χ1v) is 14.0. The normalized spacial score (nSPS) is 17.7. The predicted molar refractivity (Wildman–Crippen MR) is 162 cm³/mol. The van der Waals surface area contributed by atoms with Crippen LogP contribution in [0.5, 0.6) is 0 Å². The van der Waals surface area contributed by atoms with E-state index in [0.717, 1.165) is 60.0 Å². The first-order valence-electron chi connectivity index (χ1n) is 13.6. The summed E-state index contributed by atoms with van der Waals surface area (Å²) >= 11 is 5.72. The standard InChI is InChI=1S/C30H42N6S/c1-19(2)23-11-9-12-24(20(3)4)27(23)34-30(37)31-18-21-14-16-22(17-15-21)32-29-33-26-13-8-7-10-25(26)28(35-29)36(5)6/h7-13,19-22H,14-18H2,1-6H3,(H2,31,34,37)(H,32,33,35)/t21-,22+. The maximum absolute atomic E-state index is 5.72. The third-order valence-electron chi connectivity index (χ3n) is 7.35. The van der Waals surface area contributed by atoms with E-state index in [1.54, 1.807) is 0 Å². The highest BCUT2D eigenvalue weighted by atomic mass is 32.1. The van der Waals surface area contributed by atoms with Crippen molar-refractivity contribution >= 4 is 45.7 Å². The molecule has 198 valence electrons.